The summed E-state index contributed by atoms with van der Waals surface area (Å²) in [6.07, 6.45) is 0.764. The predicted octanol–water partition coefficient (Wildman–Crippen LogP) is 1.70. The first kappa shape index (κ1) is 13.4. The Labute approximate surface area is 112 Å². The SMILES string of the molecule is CCCOC(=O)c1c(N)ccc2c1CN(C(C)=O)C2. The molecule has 0 aliphatic carbocycles. The number of nitrogens with zero attached hydrogens (tertiary/aromatic N) is 1. The van der Waals surface area contributed by atoms with Crippen molar-refractivity contribution in [1.82, 2.24) is 4.90 Å². The summed E-state index contributed by atoms with van der Waals surface area (Å²) in [5.74, 6) is -0.413. The lowest BCUT2D eigenvalue weighted by Gasteiger charge is -2.12. The Kier molecular flexibility index (Phi) is 3.74. The maximum Gasteiger partial charge on any atom is 0.340 e. The van der Waals surface area contributed by atoms with Crippen molar-refractivity contribution in [3.05, 3.63) is 28.8 Å². The fraction of sp³-hybridized carbons (Fsp3) is 0.429. The number of amides is 1. The van der Waals surface area contributed by atoms with Crippen molar-refractivity contribution in [3.63, 3.8) is 0 Å². The van der Waals surface area contributed by atoms with E-state index in [9.17, 15) is 9.59 Å². The van der Waals surface area contributed by atoms with Gasteiger partial charge in [-0.15, -0.1) is 0 Å². The lowest BCUT2D eigenvalue weighted by atomic mass is 10.0. The monoisotopic (exact) mass is 262 g/mol. The Morgan fingerprint density at radius 1 is 1.37 bits per heavy atom. The molecule has 19 heavy (non-hydrogen) atoms. The molecule has 1 aromatic carbocycles. The van der Waals surface area contributed by atoms with E-state index in [0.717, 1.165) is 17.5 Å². The first-order valence-corrected chi connectivity index (χ1v) is 6.37. The summed E-state index contributed by atoms with van der Waals surface area (Å²) in [5.41, 5.74) is 8.48. The quantitative estimate of drug-likeness (QED) is 0.664. The zero-order valence-electron chi connectivity index (χ0n) is 11.2. The van der Waals surface area contributed by atoms with Crippen molar-refractivity contribution < 1.29 is 14.3 Å². The Morgan fingerprint density at radius 2 is 2.11 bits per heavy atom. The molecular weight excluding hydrogens is 244 g/mol. The molecule has 102 valence electrons. The first-order valence-electron chi connectivity index (χ1n) is 6.37. The van der Waals surface area contributed by atoms with Crippen LogP contribution in [0.3, 0.4) is 0 Å². The summed E-state index contributed by atoms with van der Waals surface area (Å²) in [6, 6.07) is 3.56. The van der Waals surface area contributed by atoms with Gasteiger partial charge in [0.15, 0.2) is 0 Å². The molecule has 1 aromatic rings. The molecule has 1 aliphatic rings. The molecule has 2 rings (SSSR count). The second-order valence-electron chi connectivity index (χ2n) is 4.68. The van der Waals surface area contributed by atoms with E-state index in [4.69, 9.17) is 10.5 Å². The molecule has 0 spiro atoms. The summed E-state index contributed by atoms with van der Waals surface area (Å²) >= 11 is 0. The molecule has 0 atom stereocenters. The van der Waals surface area contributed by atoms with E-state index in [1.165, 1.54) is 6.92 Å². The largest absolute Gasteiger partial charge is 0.462 e. The van der Waals surface area contributed by atoms with Crippen LogP contribution in [0.2, 0.25) is 0 Å². The van der Waals surface area contributed by atoms with E-state index < -0.39 is 5.97 Å². The van der Waals surface area contributed by atoms with Crippen LogP contribution in [-0.2, 0) is 22.6 Å². The summed E-state index contributed by atoms with van der Waals surface area (Å²) in [7, 11) is 0. The smallest absolute Gasteiger partial charge is 0.340 e. The number of hydrogen-bond acceptors (Lipinski definition) is 4. The van der Waals surface area contributed by atoms with Gasteiger partial charge in [-0.25, -0.2) is 4.79 Å². The highest BCUT2D eigenvalue weighted by atomic mass is 16.5. The highest BCUT2D eigenvalue weighted by Gasteiger charge is 2.27. The van der Waals surface area contributed by atoms with Crippen LogP contribution < -0.4 is 5.73 Å². The van der Waals surface area contributed by atoms with Crippen LogP contribution in [0.15, 0.2) is 12.1 Å². The third kappa shape index (κ3) is 2.54. The summed E-state index contributed by atoms with van der Waals surface area (Å²) < 4.78 is 5.16. The van der Waals surface area contributed by atoms with Crippen molar-refractivity contribution in [3.8, 4) is 0 Å². The number of anilines is 1. The summed E-state index contributed by atoms with van der Waals surface area (Å²) in [5, 5.41) is 0. The van der Waals surface area contributed by atoms with Gasteiger partial charge in [-0.1, -0.05) is 13.0 Å². The summed E-state index contributed by atoms with van der Waals surface area (Å²) in [4.78, 5) is 25.2. The molecule has 0 fully saturated rings. The highest BCUT2D eigenvalue weighted by molar-refractivity contribution is 5.97. The van der Waals surface area contributed by atoms with Gasteiger partial charge in [0, 0.05) is 25.7 Å². The molecule has 5 nitrogen and oxygen atoms in total. The zero-order chi connectivity index (χ0) is 14.0. The van der Waals surface area contributed by atoms with Gasteiger partial charge in [0.25, 0.3) is 0 Å². The minimum atomic E-state index is -0.401. The van der Waals surface area contributed by atoms with Gasteiger partial charge < -0.3 is 15.4 Å². The topological polar surface area (TPSA) is 72.6 Å². The van der Waals surface area contributed by atoms with E-state index in [1.54, 1.807) is 11.0 Å². The van der Waals surface area contributed by atoms with Crippen molar-refractivity contribution in [2.75, 3.05) is 12.3 Å². The number of carbonyl (C=O) groups is 2. The Hall–Kier alpha value is -2.04. The fourth-order valence-corrected chi connectivity index (χ4v) is 2.22. The molecule has 0 radical (unpaired) electrons. The third-order valence-electron chi connectivity index (χ3n) is 3.24. The van der Waals surface area contributed by atoms with E-state index in [0.29, 0.717) is 30.9 Å². The third-order valence-corrected chi connectivity index (χ3v) is 3.24. The number of benzene rings is 1. The van der Waals surface area contributed by atoms with Crippen LogP contribution in [0.4, 0.5) is 5.69 Å². The lowest BCUT2D eigenvalue weighted by molar-refractivity contribution is -0.129. The van der Waals surface area contributed by atoms with Gasteiger partial charge in [0.1, 0.15) is 0 Å². The van der Waals surface area contributed by atoms with Crippen LogP contribution in [0.1, 0.15) is 41.8 Å². The van der Waals surface area contributed by atoms with Crippen molar-refractivity contribution in [2.45, 2.75) is 33.4 Å². The van der Waals surface area contributed by atoms with E-state index in [-0.39, 0.29) is 5.91 Å². The maximum atomic E-state index is 12.1. The molecule has 0 aromatic heterocycles. The molecular formula is C14H18N2O3. The van der Waals surface area contributed by atoms with Gasteiger partial charge >= 0.3 is 5.97 Å². The van der Waals surface area contributed by atoms with Gasteiger partial charge in [0.2, 0.25) is 5.91 Å². The standard InChI is InChI=1S/C14H18N2O3/c1-3-6-19-14(18)13-11-8-16(9(2)17)7-10(11)4-5-12(13)15/h4-5H,3,6-8,15H2,1-2H3. The van der Waals surface area contributed by atoms with Gasteiger partial charge in [-0.2, -0.15) is 0 Å². The van der Waals surface area contributed by atoms with Crippen LogP contribution >= 0.6 is 0 Å². The number of fused-ring (bicyclic) bond motifs is 1. The Bertz CT molecular complexity index is 526. The van der Waals surface area contributed by atoms with Crippen LogP contribution in [-0.4, -0.2) is 23.4 Å². The number of esters is 1. The number of nitrogen functional groups attached to an aromatic ring is 1. The second kappa shape index (κ2) is 5.30. The number of ether oxygens (including phenoxy) is 1. The number of nitrogens with two attached hydrogens (primary N) is 1. The van der Waals surface area contributed by atoms with E-state index in [2.05, 4.69) is 0 Å². The molecule has 1 aliphatic heterocycles. The minimum absolute atomic E-state index is 0.0114. The molecule has 0 unspecified atom stereocenters. The molecule has 1 heterocycles. The Morgan fingerprint density at radius 3 is 2.74 bits per heavy atom. The van der Waals surface area contributed by atoms with Gasteiger partial charge in [-0.3, -0.25) is 4.79 Å². The van der Waals surface area contributed by atoms with Crippen LogP contribution in [0, 0.1) is 0 Å². The van der Waals surface area contributed by atoms with Crippen molar-refractivity contribution in [2.24, 2.45) is 0 Å². The predicted molar refractivity (Wildman–Crippen MR) is 71.4 cm³/mol. The fourth-order valence-electron chi connectivity index (χ4n) is 2.22. The molecule has 5 heteroatoms. The molecule has 0 saturated carbocycles. The lowest BCUT2D eigenvalue weighted by Crippen LogP contribution is -2.22. The minimum Gasteiger partial charge on any atom is -0.462 e. The first-order chi connectivity index (χ1) is 9.04. The van der Waals surface area contributed by atoms with Crippen LogP contribution in [0.5, 0.6) is 0 Å². The molecule has 2 N–H and O–H groups in total. The number of rotatable bonds is 3. The Balaban J connectivity index is 2.33. The zero-order valence-corrected chi connectivity index (χ0v) is 11.2. The van der Waals surface area contributed by atoms with Crippen molar-refractivity contribution in [1.29, 1.82) is 0 Å². The molecule has 0 bridgehead atoms. The number of hydrogen-bond donors (Lipinski definition) is 1. The average molecular weight is 262 g/mol. The highest BCUT2D eigenvalue weighted by Crippen LogP contribution is 2.30. The summed E-state index contributed by atoms with van der Waals surface area (Å²) in [6.45, 7) is 4.78. The van der Waals surface area contributed by atoms with E-state index in [1.807, 2.05) is 13.0 Å². The molecule has 1 amide bonds. The number of carbonyl (C=O) groups excluding carboxylic acids is 2. The average Bonchev–Trinajstić information content (AvgIpc) is 2.79. The normalized spacial score (nSPS) is 13.3. The van der Waals surface area contributed by atoms with Crippen molar-refractivity contribution >= 4 is 17.6 Å². The maximum absolute atomic E-state index is 12.1. The van der Waals surface area contributed by atoms with Crippen LogP contribution in [0.25, 0.3) is 0 Å². The molecule has 0 saturated heterocycles. The van der Waals surface area contributed by atoms with Gasteiger partial charge in [0.05, 0.1) is 12.2 Å². The van der Waals surface area contributed by atoms with E-state index >= 15 is 0 Å². The van der Waals surface area contributed by atoms with Gasteiger partial charge in [-0.05, 0) is 23.6 Å². The second-order valence-corrected chi connectivity index (χ2v) is 4.68.